The predicted molar refractivity (Wildman–Crippen MR) is 90.7 cm³/mol. The van der Waals surface area contributed by atoms with Gasteiger partial charge in [0.2, 0.25) is 11.1 Å². The minimum Gasteiger partial charge on any atom is -0.347 e. The van der Waals surface area contributed by atoms with Gasteiger partial charge in [-0.25, -0.2) is 4.68 Å². The first-order valence-electron chi connectivity index (χ1n) is 8.14. The molecule has 1 amide bonds. The fourth-order valence-electron chi connectivity index (χ4n) is 2.99. The average molecular weight is 349 g/mol. The molecule has 7 nitrogen and oxygen atoms in total. The Labute approximate surface area is 146 Å². The zero-order valence-corrected chi connectivity index (χ0v) is 14.4. The fourth-order valence-corrected chi connectivity index (χ4v) is 3.11. The summed E-state index contributed by atoms with van der Waals surface area (Å²) in [5.41, 5.74) is 1.10. The summed E-state index contributed by atoms with van der Waals surface area (Å²) in [7, 11) is 1.65. The minimum absolute atomic E-state index is 0.0890. The van der Waals surface area contributed by atoms with Crippen LogP contribution >= 0.6 is 11.6 Å². The summed E-state index contributed by atoms with van der Waals surface area (Å²) in [6, 6.07) is 4.07. The standard InChI is InChI=1S/C16H21ClN6O/c1-22-16(17)20-14(21-22)15(24)19-11-13(12-6-5-7-18-10-12)23-8-3-2-4-9-23/h5-7,10,13H,2-4,8-9,11H2,1H3,(H,19,24). The van der Waals surface area contributed by atoms with E-state index in [1.54, 1.807) is 13.2 Å². The molecule has 1 atom stereocenters. The highest BCUT2D eigenvalue weighted by molar-refractivity contribution is 6.28. The van der Waals surface area contributed by atoms with Gasteiger partial charge in [0.15, 0.2) is 0 Å². The third-order valence-corrected chi connectivity index (χ3v) is 4.60. The molecule has 1 N–H and O–H groups in total. The molecule has 0 bridgehead atoms. The molecule has 2 aromatic heterocycles. The molecule has 8 heteroatoms. The SMILES string of the molecule is Cn1nc(C(=O)NCC(c2cccnc2)N2CCCCC2)nc1Cl. The number of nitrogens with one attached hydrogen (secondary N) is 1. The molecule has 3 rings (SSSR count). The minimum atomic E-state index is -0.316. The van der Waals surface area contributed by atoms with Crippen LogP contribution in [-0.4, -0.2) is 50.2 Å². The highest BCUT2D eigenvalue weighted by Gasteiger charge is 2.24. The second-order valence-corrected chi connectivity index (χ2v) is 6.27. The molecule has 0 saturated carbocycles. The lowest BCUT2D eigenvalue weighted by molar-refractivity contribution is 0.0914. The van der Waals surface area contributed by atoms with E-state index in [2.05, 4.69) is 25.3 Å². The van der Waals surface area contributed by atoms with E-state index >= 15 is 0 Å². The Bertz CT molecular complexity index is 664. The first kappa shape index (κ1) is 16.9. The Morgan fingerprint density at radius 3 is 2.79 bits per heavy atom. The summed E-state index contributed by atoms with van der Waals surface area (Å²) < 4.78 is 1.37. The van der Waals surface area contributed by atoms with E-state index in [0.717, 1.165) is 18.7 Å². The highest BCUT2D eigenvalue weighted by Crippen LogP contribution is 2.23. The lowest BCUT2D eigenvalue weighted by Crippen LogP contribution is -2.40. The van der Waals surface area contributed by atoms with Crippen molar-refractivity contribution in [3.8, 4) is 0 Å². The molecule has 0 spiro atoms. The number of rotatable bonds is 5. The number of nitrogens with zero attached hydrogens (tertiary/aromatic N) is 5. The fraction of sp³-hybridized carbons (Fsp3) is 0.500. The Morgan fingerprint density at radius 2 is 2.17 bits per heavy atom. The van der Waals surface area contributed by atoms with Crippen LogP contribution in [0, 0.1) is 0 Å². The Morgan fingerprint density at radius 1 is 1.38 bits per heavy atom. The molecule has 0 radical (unpaired) electrons. The second kappa shape index (κ2) is 7.72. The van der Waals surface area contributed by atoms with E-state index in [0.29, 0.717) is 6.54 Å². The number of pyridine rings is 1. The van der Waals surface area contributed by atoms with Crippen LogP contribution in [0.25, 0.3) is 0 Å². The van der Waals surface area contributed by atoms with Crippen molar-refractivity contribution in [3.05, 3.63) is 41.2 Å². The predicted octanol–water partition coefficient (Wildman–Crippen LogP) is 1.82. The van der Waals surface area contributed by atoms with E-state index < -0.39 is 0 Å². The normalized spacial score (nSPS) is 16.8. The molecule has 0 aliphatic carbocycles. The molecular weight excluding hydrogens is 328 g/mol. The van der Waals surface area contributed by atoms with Crippen LogP contribution in [0.1, 0.15) is 41.5 Å². The average Bonchev–Trinajstić information content (AvgIpc) is 2.96. The largest absolute Gasteiger partial charge is 0.347 e. The van der Waals surface area contributed by atoms with Crippen molar-refractivity contribution in [2.24, 2.45) is 7.05 Å². The van der Waals surface area contributed by atoms with Crippen LogP contribution in [-0.2, 0) is 7.05 Å². The van der Waals surface area contributed by atoms with Crippen LogP contribution in [0.3, 0.4) is 0 Å². The van der Waals surface area contributed by atoms with Crippen LogP contribution in [0.15, 0.2) is 24.5 Å². The van der Waals surface area contributed by atoms with Crippen LogP contribution in [0.2, 0.25) is 5.28 Å². The third kappa shape index (κ3) is 3.91. The molecule has 1 unspecified atom stereocenters. The van der Waals surface area contributed by atoms with Gasteiger partial charge < -0.3 is 5.32 Å². The van der Waals surface area contributed by atoms with E-state index in [9.17, 15) is 4.79 Å². The number of carbonyl (C=O) groups is 1. The van der Waals surface area contributed by atoms with Crippen LogP contribution < -0.4 is 5.32 Å². The summed E-state index contributed by atoms with van der Waals surface area (Å²) in [6.07, 6.45) is 7.25. The molecule has 1 saturated heterocycles. The summed E-state index contributed by atoms with van der Waals surface area (Å²) >= 11 is 5.85. The van der Waals surface area contributed by atoms with Crippen molar-refractivity contribution in [1.29, 1.82) is 0 Å². The van der Waals surface area contributed by atoms with E-state index in [1.165, 1.54) is 23.9 Å². The van der Waals surface area contributed by atoms with E-state index in [-0.39, 0.29) is 23.1 Å². The number of aryl methyl sites for hydroxylation is 1. The number of hydrogen-bond donors (Lipinski definition) is 1. The van der Waals surface area contributed by atoms with Gasteiger partial charge in [-0.05, 0) is 49.2 Å². The van der Waals surface area contributed by atoms with Gasteiger partial charge in [-0.1, -0.05) is 12.5 Å². The van der Waals surface area contributed by atoms with Crippen molar-refractivity contribution < 1.29 is 4.79 Å². The lowest BCUT2D eigenvalue weighted by atomic mass is 10.0. The Kier molecular flexibility index (Phi) is 5.42. The monoisotopic (exact) mass is 348 g/mol. The molecule has 0 aromatic carbocycles. The smallest absolute Gasteiger partial charge is 0.291 e. The van der Waals surface area contributed by atoms with Gasteiger partial charge in [0.1, 0.15) is 0 Å². The summed E-state index contributed by atoms with van der Waals surface area (Å²) in [5, 5.41) is 7.13. The van der Waals surface area contributed by atoms with Crippen molar-refractivity contribution in [2.75, 3.05) is 19.6 Å². The third-order valence-electron chi connectivity index (χ3n) is 4.27. The molecular formula is C16H21ClN6O. The topological polar surface area (TPSA) is 75.9 Å². The van der Waals surface area contributed by atoms with Gasteiger partial charge in [-0.3, -0.25) is 14.7 Å². The van der Waals surface area contributed by atoms with Crippen LogP contribution in [0.5, 0.6) is 0 Å². The number of halogens is 1. The van der Waals surface area contributed by atoms with E-state index in [1.807, 2.05) is 18.3 Å². The zero-order valence-electron chi connectivity index (χ0n) is 13.7. The van der Waals surface area contributed by atoms with Crippen molar-refractivity contribution in [3.63, 3.8) is 0 Å². The molecule has 1 fully saturated rings. The number of aromatic nitrogens is 4. The maximum absolute atomic E-state index is 12.3. The number of carbonyl (C=O) groups excluding carboxylic acids is 1. The maximum atomic E-state index is 12.3. The second-order valence-electron chi connectivity index (χ2n) is 5.94. The maximum Gasteiger partial charge on any atom is 0.291 e. The quantitative estimate of drug-likeness (QED) is 0.892. The Hall–Kier alpha value is -1.99. The molecule has 3 heterocycles. The number of hydrogen-bond acceptors (Lipinski definition) is 5. The zero-order chi connectivity index (χ0) is 16.9. The van der Waals surface area contributed by atoms with Crippen molar-refractivity contribution >= 4 is 17.5 Å². The first-order chi connectivity index (χ1) is 11.6. The Balaban J connectivity index is 1.70. The number of piperidine rings is 1. The highest BCUT2D eigenvalue weighted by atomic mass is 35.5. The lowest BCUT2D eigenvalue weighted by Gasteiger charge is -2.34. The van der Waals surface area contributed by atoms with Gasteiger partial charge >= 0.3 is 0 Å². The number of likely N-dealkylation sites (tertiary alicyclic amines) is 1. The van der Waals surface area contributed by atoms with Gasteiger partial charge in [-0.15, -0.1) is 5.10 Å². The first-order valence-corrected chi connectivity index (χ1v) is 8.51. The molecule has 1 aliphatic rings. The molecule has 128 valence electrons. The van der Waals surface area contributed by atoms with Gasteiger partial charge in [-0.2, -0.15) is 4.98 Å². The molecule has 24 heavy (non-hydrogen) atoms. The van der Waals surface area contributed by atoms with Gasteiger partial charge in [0, 0.05) is 26.0 Å². The number of amides is 1. The summed E-state index contributed by atoms with van der Waals surface area (Å²) in [5.74, 6) is -0.227. The van der Waals surface area contributed by atoms with E-state index in [4.69, 9.17) is 11.6 Å². The van der Waals surface area contributed by atoms with Gasteiger partial charge in [0.25, 0.3) is 5.91 Å². The van der Waals surface area contributed by atoms with Crippen LogP contribution in [0.4, 0.5) is 0 Å². The summed E-state index contributed by atoms with van der Waals surface area (Å²) in [4.78, 5) is 22.9. The van der Waals surface area contributed by atoms with Gasteiger partial charge in [0.05, 0.1) is 6.04 Å². The summed E-state index contributed by atoms with van der Waals surface area (Å²) in [6.45, 7) is 2.55. The molecule has 1 aliphatic heterocycles. The van der Waals surface area contributed by atoms with Crippen molar-refractivity contribution in [2.45, 2.75) is 25.3 Å². The molecule has 2 aromatic rings. The van der Waals surface area contributed by atoms with Crippen molar-refractivity contribution in [1.82, 2.24) is 30.0 Å².